The Morgan fingerprint density at radius 3 is 2.70 bits per heavy atom. The SMILES string of the molecule is C=C/C(=C\C=C/C)CCN(C(=O)NC)C1CCNCC1. The predicted molar refractivity (Wildman–Crippen MR) is 84.8 cm³/mol. The smallest absolute Gasteiger partial charge is 0.317 e. The fraction of sp³-hybridized carbons (Fsp3) is 0.562. The van der Waals surface area contributed by atoms with Crippen LogP contribution in [0.2, 0.25) is 0 Å². The van der Waals surface area contributed by atoms with Gasteiger partial charge >= 0.3 is 6.03 Å². The summed E-state index contributed by atoms with van der Waals surface area (Å²) in [6.07, 6.45) is 10.8. The Kier molecular flexibility index (Phi) is 7.73. The molecule has 0 aromatic carbocycles. The number of urea groups is 1. The van der Waals surface area contributed by atoms with Crippen LogP contribution in [0.1, 0.15) is 26.2 Å². The molecule has 0 aliphatic carbocycles. The molecule has 1 aliphatic heterocycles. The van der Waals surface area contributed by atoms with Crippen LogP contribution in [0.3, 0.4) is 0 Å². The Labute approximate surface area is 122 Å². The number of allylic oxidation sites excluding steroid dienone is 4. The monoisotopic (exact) mass is 277 g/mol. The van der Waals surface area contributed by atoms with E-state index in [1.807, 2.05) is 30.1 Å². The number of carbonyl (C=O) groups is 1. The third kappa shape index (κ3) is 5.21. The van der Waals surface area contributed by atoms with Gasteiger partial charge in [0.15, 0.2) is 0 Å². The molecule has 4 nitrogen and oxygen atoms in total. The molecular weight excluding hydrogens is 250 g/mol. The maximum Gasteiger partial charge on any atom is 0.317 e. The van der Waals surface area contributed by atoms with Crippen LogP contribution in [0.15, 0.2) is 36.5 Å². The maximum absolute atomic E-state index is 12.1. The van der Waals surface area contributed by atoms with E-state index >= 15 is 0 Å². The first kappa shape index (κ1) is 16.5. The van der Waals surface area contributed by atoms with Crippen LogP contribution in [0.5, 0.6) is 0 Å². The maximum atomic E-state index is 12.1. The van der Waals surface area contributed by atoms with Crippen LogP contribution in [0.25, 0.3) is 0 Å². The minimum Gasteiger partial charge on any atom is -0.341 e. The third-order valence-electron chi connectivity index (χ3n) is 3.63. The van der Waals surface area contributed by atoms with Gasteiger partial charge < -0.3 is 15.5 Å². The lowest BCUT2D eigenvalue weighted by Gasteiger charge is -2.34. The second kappa shape index (κ2) is 9.37. The van der Waals surface area contributed by atoms with Crippen molar-refractivity contribution in [3.8, 4) is 0 Å². The summed E-state index contributed by atoms with van der Waals surface area (Å²) >= 11 is 0. The minimum atomic E-state index is 0.0198. The van der Waals surface area contributed by atoms with Gasteiger partial charge in [0.1, 0.15) is 0 Å². The van der Waals surface area contributed by atoms with Crippen molar-refractivity contribution < 1.29 is 4.79 Å². The van der Waals surface area contributed by atoms with E-state index in [9.17, 15) is 4.79 Å². The summed E-state index contributed by atoms with van der Waals surface area (Å²) in [5.74, 6) is 0. The van der Waals surface area contributed by atoms with Crippen molar-refractivity contribution in [3.63, 3.8) is 0 Å². The third-order valence-corrected chi connectivity index (χ3v) is 3.63. The van der Waals surface area contributed by atoms with Gasteiger partial charge in [0.05, 0.1) is 0 Å². The highest BCUT2D eigenvalue weighted by Gasteiger charge is 2.24. The van der Waals surface area contributed by atoms with Gasteiger partial charge in [-0.25, -0.2) is 4.79 Å². The molecule has 0 bridgehead atoms. The number of rotatable bonds is 6. The highest BCUT2D eigenvalue weighted by Crippen LogP contribution is 2.14. The second-order valence-corrected chi connectivity index (χ2v) is 4.95. The quantitative estimate of drug-likeness (QED) is 0.733. The Morgan fingerprint density at radius 1 is 1.45 bits per heavy atom. The van der Waals surface area contributed by atoms with Crippen LogP contribution in [-0.2, 0) is 0 Å². The van der Waals surface area contributed by atoms with Crippen LogP contribution < -0.4 is 10.6 Å². The molecule has 0 unspecified atom stereocenters. The highest BCUT2D eigenvalue weighted by atomic mass is 16.2. The largest absolute Gasteiger partial charge is 0.341 e. The second-order valence-electron chi connectivity index (χ2n) is 4.95. The molecule has 0 spiro atoms. The van der Waals surface area contributed by atoms with Gasteiger partial charge in [-0.1, -0.05) is 30.9 Å². The summed E-state index contributed by atoms with van der Waals surface area (Å²) in [6.45, 7) is 8.54. The number of amides is 2. The summed E-state index contributed by atoms with van der Waals surface area (Å²) in [6, 6.07) is 0.357. The fourth-order valence-corrected chi connectivity index (χ4v) is 2.43. The predicted octanol–water partition coefficient (Wildman–Crippen LogP) is 2.46. The molecule has 0 atom stereocenters. The van der Waals surface area contributed by atoms with Crippen molar-refractivity contribution in [1.29, 1.82) is 0 Å². The molecule has 1 saturated heterocycles. The van der Waals surface area contributed by atoms with Crippen molar-refractivity contribution in [1.82, 2.24) is 15.5 Å². The average molecular weight is 277 g/mol. The Morgan fingerprint density at radius 2 is 2.15 bits per heavy atom. The number of carbonyl (C=O) groups excluding carboxylic acids is 1. The van der Waals surface area contributed by atoms with Crippen LogP contribution in [0.4, 0.5) is 4.79 Å². The number of hydrogen-bond acceptors (Lipinski definition) is 2. The van der Waals surface area contributed by atoms with Crippen LogP contribution >= 0.6 is 0 Å². The normalized spacial score (nSPS) is 17.2. The first-order chi connectivity index (χ1) is 9.72. The Balaban J connectivity index is 2.64. The molecule has 20 heavy (non-hydrogen) atoms. The van der Waals surface area contributed by atoms with Crippen molar-refractivity contribution in [2.24, 2.45) is 0 Å². The summed E-state index contributed by atoms with van der Waals surface area (Å²) < 4.78 is 0. The number of hydrogen-bond donors (Lipinski definition) is 2. The van der Waals surface area contributed by atoms with E-state index in [-0.39, 0.29) is 6.03 Å². The fourth-order valence-electron chi connectivity index (χ4n) is 2.43. The van der Waals surface area contributed by atoms with E-state index in [4.69, 9.17) is 0 Å². The van der Waals surface area contributed by atoms with Gasteiger partial charge in [0.25, 0.3) is 0 Å². The zero-order chi connectivity index (χ0) is 14.8. The van der Waals surface area contributed by atoms with Gasteiger partial charge in [-0.15, -0.1) is 0 Å². The molecule has 1 aliphatic rings. The number of nitrogens with one attached hydrogen (secondary N) is 2. The summed E-state index contributed by atoms with van der Waals surface area (Å²) in [4.78, 5) is 14.0. The molecule has 2 amide bonds. The molecule has 4 heteroatoms. The number of nitrogens with zero attached hydrogens (tertiary/aromatic N) is 1. The lowest BCUT2D eigenvalue weighted by atomic mass is 10.0. The van der Waals surface area contributed by atoms with Crippen molar-refractivity contribution in [3.05, 3.63) is 36.5 Å². The van der Waals surface area contributed by atoms with E-state index in [0.29, 0.717) is 6.04 Å². The topological polar surface area (TPSA) is 44.4 Å². The molecule has 0 aromatic heterocycles. The standard InChI is InChI=1S/C16H27N3O/c1-4-6-7-14(5-2)10-13-19(16(20)17-3)15-8-11-18-12-9-15/h4-7,15,18H,2,8-13H2,1,3H3,(H,17,20)/b6-4-,14-7+. The summed E-state index contributed by atoms with van der Waals surface area (Å²) in [7, 11) is 1.69. The van der Waals surface area contributed by atoms with Crippen LogP contribution in [0, 0.1) is 0 Å². The van der Waals surface area contributed by atoms with E-state index < -0.39 is 0 Å². The Hall–Kier alpha value is -1.55. The molecule has 2 N–H and O–H groups in total. The Bertz CT molecular complexity index is 368. The first-order valence-corrected chi connectivity index (χ1v) is 7.36. The van der Waals surface area contributed by atoms with E-state index in [2.05, 4.69) is 23.3 Å². The molecule has 1 fully saturated rings. The zero-order valence-corrected chi connectivity index (χ0v) is 12.7. The van der Waals surface area contributed by atoms with E-state index in [1.165, 1.54) is 0 Å². The van der Waals surface area contributed by atoms with Crippen molar-refractivity contribution >= 4 is 6.03 Å². The molecule has 1 heterocycles. The first-order valence-electron chi connectivity index (χ1n) is 7.36. The highest BCUT2D eigenvalue weighted by molar-refractivity contribution is 5.74. The molecular formula is C16H27N3O. The lowest BCUT2D eigenvalue weighted by molar-refractivity contribution is 0.162. The average Bonchev–Trinajstić information content (AvgIpc) is 2.51. The minimum absolute atomic E-state index is 0.0198. The number of piperidine rings is 1. The summed E-state index contributed by atoms with van der Waals surface area (Å²) in [5.41, 5.74) is 1.16. The lowest BCUT2D eigenvalue weighted by Crippen LogP contribution is -2.49. The van der Waals surface area contributed by atoms with Crippen molar-refractivity contribution in [2.75, 3.05) is 26.7 Å². The zero-order valence-electron chi connectivity index (χ0n) is 12.7. The van der Waals surface area contributed by atoms with Gasteiger partial charge in [-0.05, 0) is 44.8 Å². The van der Waals surface area contributed by atoms with Gasteiger partial charge in [0, 0.05) is 19.6 Å². The van der Waals surface area contributed by atoms with Gasteiger partial charge in [0.2, 0.25) is 0 Å². The molecule has 0 aromatic rings. The molecule has 0 saturated carbocycles. The van der Waals surface area contributed by atoms with Gasteiger partial charge in [-0.2, -0.15) is 0 Å². The van der Waals surface area contributed by atoms with E-state index in [1.54, 1.807) is 7.05 Å². The molecule has 1 rings (SSSR count). The molecule has 0 radical (unpaired) electrons. The van der Waals surface area contributed by atoms with Crippen molar-refractivity contribution in [2.45, 2.75) is 32.2 Å². The van der Waals surface area contributed by atoms with Gasteiger partial charge in [-0.3, -0.25) is 0 Å². The summed E-state index contributed by atoms with van der Waals surface area (Å²) in [5, 5.41) is 6.09. The molecule has 112 valence electrons. The van der Waals surface area contributed by atoms with E-state index in [0.717, 1.165) is 44.5 Å². The van der Waals surface area contributed by atoms with Crippen LogP contribution in [-0.4, -0.2) is 43.7 Å².